The highest BCUT2D eigenvalue weighted by atomic mass is 32.2. The lowest BCUT2D eigenvalue weighted by atomic mass is 9.89. The van der Waals surface area contributed by atoms with Crippen molar-refractivity contribution >= 4 is 15.7 Å². The first-order valence-electron chi connectivity index (χ1n) is 10.6. The number of halogens is 3. The van der Waals surface area contributed by atoms with Gasteiger partial charge >= 0.3 is 0 Å². The summed E-state index contributed by atoms with van der Waals surface area (Å²) < 4.78 is 77.5. The second-order valence-corrected chi connectivity index (χ2v) is 10.3. The zero-order valence-corrected chi connectivity index (χ0v) is 18.7. The van der Waals surface area contributed by atoms with Crippen LogP contribution in [0, 0.1) is 10.1 Å². The monoisotopic (exact) mass is 479 g/mol. The van der Waals surface area contributed by atoms with E-state index < -0.39 is 51.7 Å². The molecule has 2 aliphatic rings. The number of sulfonamides is 1. The SMILES string of the molecule is CC(C)N1CC[C@@H](O[C@H]2CCCC(F)(F)[C@@H]2NS(=O)(=O)c2ccc([N+](=O)[O-])cc2)[C@@H](F)C1. The molecule has 0 amide bonds. The Bertz CT molecular complexity index is 914. The van der Waals surface area contributed by atoms with E-state index in [9.17, 15) is 31.7 Å². The summed E-state index contributed by atoms with van der Waals surface area (Å²) in [6, 6.07) is 2.21. The minimum absolute atomic E-state index is 0.120. The second-order valence-electron chi connectivity index (χ2n) is 8.61. The van der Waals surface area contributed by atoms with Crippen molar-refractivity contribution in [1.82, 2.24) is 9.62 Å². The fraction of sp³-hybridized carbons (Fsp3) is 0.700. The summed E-state index contributed by atoms with van der Waals surface area (Å²) in [4.78, 5) is 11.6. The summed E-state index contributed by atoms with van der Waals surface area (Å²) in [5, 5.41) is 10.8. The number of non-ortho nitro benzene ring substituents is 1. The highest BCUT2D eigenvalue weighted by molar-refractivity contribution is 7.89. The molecular formula is C20H28F3N3O5S. The first kappa shape index (κ1) is 24.9. The van der Waals surface area contributed by atoms with Crippen LogP contribution >= 0.6 is 0 Å². The highest BCUT2D eigenvalue weighted by Gasteiger charge is 2.50. The van der Waals surface area contributed by atoms with E-state index in [1.807, 2.05) is 23.5 Å². The van der Waals surface area contributed by atoms with Crippen LogP contribution in [0.25, 0.3) is 0 Å². The molecule has 1 aliphatic carbocycles. The van der Waals surface area contributed by atoms with E-state index in [0.29, 0.717) is 13.0 Å². The Labute approximate surface area is 185 Å². The van der Waals surface area contributed by atoms with Crippen molar-refractivity contribution in [2.75, 3.05) is 13.1 Å². The highest BCUT2D eigenvalue weighted by Crippen LogP contribution is 2.37. The molecule has 12 heteroatoms. The summed E-state index contributed by atoms with van der Waals surface area (Å²) in [6.45, 7) is 4.58. The van der Waals surface area contributed by atoms with Gasteiger partial charge in [0.15, 0.2) is 0 Å². The van der Waals surface area contributed by atoms with Gasteiger partial charge in [-0.25, -0.2) is 21.6 Å². The van der Waals surface area contributed by atoms with Gasteiger partial charge in [0.05, 0.1) is 22.0 Å². The number of nitro benzene ring substituents is 1. The van der Waals surface area contributed by atoms with Crippen molar-refractivity contribution in [2.45, 2.75) is 80.8 Å². The lowest BCUT2D eigenvalue weighted by Gasteiger charge is -2.42. The average molecular weight is 480 g/mol. The topological polar surface area (TPSA) is 102 Å². The zero-order chi connectivity index (χ0) is 23.7. The van der Waals surface area contributed by atoms with Crippen molar-refractivity contribution in [3.63, 3.8) is 0 Å². The van der Waals surface area contributed by atoms with Gasteiger partial charge in [0.25, 0.3) is 11.6 Å². The molecule has 0 spiro atoms. The van der Waals surface area contributed by atoms with Crippen LogP contribution in [-0.4, -0.2) is 67.7 Å². The molecule has 1 heterocycles. The van der Waals surface area contributed by atoms with E-state index >= 15 is 0 Å². The third-order valence-electron chi connectivity index (χ3n) is 6.06. The minimum atomic E-state index is -4.42. The van der Waals surface area contributed by atoms with Crippen LogP contribution in [0.2, 0.25) is 0 Å². The number of benzene rings is 1. The number of hydrogen-bond donors (Lipinski definition) is 1. The van der Waals surface area contributed by atoms with Crippen LogP contribution in [0.15, 0.2) is 29.2 Å². The number of likely N-dealkylation sites (tertiary alicyclic amines) is 1. The van der Waals surface area contributed by atoms with Gasteiger partial charge in [0, 0.05) is 37.7 Å². The maximum atomic E-state index is 14.8. The Morgan fingerprint density at radius 1 is 1.22 bits per heavy atom. The molecule has 0 bridgehead atoms. The van der Waals surface area contributed by atoms with Crippen LogP contribution in [0.5, 0.6) is 0 Å². The fourth-order valence-corrected chi connectivity index (χ4v) is 5.47. The van der Waals surface area contributed by atoms with E-state index in [1.54, 1.807) is 0 Å². The number of rotatable bonds is 7. The standard InChI is InChI=1S/C20H28F3N3O5S/c1-13(2)25-11-9-17(16(21)12-25)31-18-4-3-10-20(22,23)19(18)24-32(29,30)15-7-5-14(6-8-15)26(27)28/h5-8,13,16-19,24H,3-4,9-12H2,1-2H3/t16-,17+,18-,19+/m0/s1. The molecule has 1 saturated heterocycles. The number of alkyl halides is 3. The normalized spacial score (nSPS) is 29.2. The first-order valence-corrected chi connectivity index (χ1v) is 12.1. The van der Waals surface area contributed by atoms with Crippen molar-refractivity contribution in [3.8, 4) is 0 Å². The van der Waals surface area contributed by atoms with Gasteiger partial charge < -0.3 is 4.74 Å². The number of piperidine rings is 1. The molecule has 0 unspecified atom stereocenters. The molecule has 1 aliphatic heterocycles. The molecule has 32 heavy (non-hydrogen) atoms. The van der Waals surface area contributed by atoms with E-state index in [2.05, 4.69) is 0 Å². The van der Waals surface area contributed by atoms with Crippen LogP contribution in [-0.2, 0) is 14.8 Å². The Kier molecular flexibility index (Phi) is 7.48. The number of nitrogens with one attached hydrogen (secondary N) is 1. The van der Waals surface area contributed by atoms with Gasteiger partial charge in [-0.15, -0.1) is 0 Å². The first-order chi connectivity index (χ1) is 14.9. The average Bonchev–Trinajstić information content (AvgIpc) is 2.71. The van der Waals surface area contributed by atoms with Crippen LogP contribution in [0.4, 0.5) is 18.9 Å². The van der Waals surface area contributed by atoms with E-state index in [4.69, 9.17) is 4.74 Å². The summed E-state index contributed by atoms with van der Waals surface area (Å²) >= 11 is 0. The lowest BCUT2D eigenvalue weighted by Crippen LogP contribution is -2.59. The molecule has 1 aromatic carbocycles. The van der Waals surface area contributed by atoms with E-state index in [0.717, 1.165) is 24.3 Å². The van der Waals surface area contributed by atoms with Crippen LogP contribution in [0.1, 0.15) is 39.5 Å². The molecule has 1 aromatic rings. The molecule has 3 rings (SSSR count). The molecule has 0 aromatic heterocycles. The molecule has 180 valence electrons. The predicted molar refractivity (Wildman–Crippen MR) is 111 cm³/mol. The lowest BCUT2D eigenvalue weighted by molar-refractivity contribution is -0.384. The van der Waals surface area contributed by atoms with Crippen LogP contribution in [0.3, 0.4) is 0 Å². The van der Waals surface area contributed by atoms with Gasteiger partial charge in [-0.3, -0.25) is 15.0 Å². The second kappa shape index (κ2) is 9.62. The summed E-state index contributed by atoms with van der Waals surface area (Å²) in [5.74, 6) is -3.39. The fourth-order valence-electron chi connectivity index (χ4n) is 4.18. The molecule has 4 atom stereocenters. The van der Waals surface area contributed by atoms with Crippen molar-refractivity contribution in [3.05, 3.63) is 34.4 Å². The molecule has 1 N–H and O–H groups in total. The molecular weight excluding hydrogens is 451 g/mol. The minimum Gasteiger partial charge on any atom is -0.370 e. The van der Waals surface area contributed by atoms with Crippen molar-refractivity contribution in [2.24, 2.45) is 0 Å². The summed E-state index contributed by atoms with van der Waals surface area (Å²) in [7, 11) is -4.42. The third kappa shape index (κ3) is 5.59. The number of hydrogen-bond acceptors (Lipinski definition) is 6. The smallest absolute Gasteiger partial charge is 0.269 e. The van der Waals surface area contributed by atoms with Gasteiger partial charge in [0.1, 0.15) is 12.2 Å². The maximum absolute atomic E-state index is 14.8. The molecule has 8 nitrogen and oxygen atoms in total. The summed E-state index contributed by atoms with van der Waals surface area (Å²) in [6.07, 6.45) is -3.37. The molecule has 0 radical (unpaired) electrons. The number of nitrogens with zero attached hydrogens (tertiary/aromatic N) is 2. The predicted octanol–water partition coefficient (Wildman–Crippen LogP) is 3.27. The number of ether oxygens (including phenoxy) is 1. The molecule has 1 saturated carbocycles. The third-order valence-corrected chi connectivity index (χ3v) is 7.52. The van der Waals surface area contributed by atoms with Gasteiger partial charge in [-0.1, -0.05) is 0 Å². The quantitative estimate of drug-likeness (QED) is 0.476. The maximum Gasteiger partial charge on any atom is 0.269 e. The van der Waals surface area contributed by atoms with E-state index in [1.165, 1.54) is 0 Å². The van der Waals surface area contributed by atoms with Crippen molar-refractivity contribution in [1.29, 1.82) is 0 Å². The number of nitro groups is 1. The van der Waals surface area contributed by atoms with E-state index in [-0.39, 0.29) is 36.0 Å². The Morgan fingerprint density at radius 2 is 1.88 bits per heavy atom. The zero-order valence-electron chi connectivity index (χ0n) is 17.9. The van der Waals surface area contributed by atoms with Gasteiger partial charge in [-0.05, 0) is 45.2 Å². The molecule has 2 fully saturated rings. The largest absolute Gasteiger partial charge is 0.370 e. The Morgan fingerprint density at radius 3 is 2.44 bits per heavy atom. The van der Waals surface area contributed by atoms with Crippen LogP contribution < -0.4 is 4.72 Å². The Balaban J connectivity index is 1.76. The van der Waals surface area contributed by atoms with Crippen molar-refractivity contribution < 1.29 is 31.2 Å². The van der Waals surface area contributed by atoms with Gasteiger partial charge in [0.2, 0.25) is 10.0 Å². The summed E-state index contributed by atoms with van der Waals surface area (Å²) in [5.41, 5.74) is -0.324. The van der Waals surface area contributed by atoms with Gasteiger partial charge in [-0.2, -0.15) is 4.72 Å². The Hall–Kier alpha value is -1.76.